The van der Waals surface area contributed by atoms with Crippen molar-refractivity contribution in [2.75, 3.05) is 26.8 Å². The first kappa shape index (κ1) is 13.1. The number of hydrogen-bond donors (Lipinski definition) is 2. The Morgan fingerprint density at radius 3 is 2.61 bits per heavy atom. The van der Waals surface area contributed by atoms with Crippen LogP contribution in [0.1, 0.15) is 25.7 Å². The maximum absolute atomic E-state index is 12.6. The van der Waals surface area contributed by atoms with Crippen LogP contribution in [0.3, 0.4) is 0 Å². The Hall–Kier alpha value is -1.30. The Morgan fingerprint density at radius 2 is 2.11 bits per heavy atom. The SMILES string of the molecule is CN(CC1CC1)C(=O)C1(C(N)=NO)CCOCC1. The van der Waals surface area contributed by atoms with Crippen LogP contribution in [0, 0.1) is 11.3 Å². The Morgan fingerprint density at radius 1 is 1.50 bits per heavy atom. The maximum Gasteiger partial charge on any atom is 0.236 e. The second kappa shape index (κ2) is 5.14. The van der Waals surface area contributed by atoms with Crippen molar-refractivity contribution in [1.29, 1.82) is 0 Å². The molecule has 0 unspecified atom stereocenters. The normalized spacial score (nSPS) is 23.7. The zero-order valence-electron chi connectivity index (χ0n) is 10.8. The highest BCUT2D eigenvalue weighted by Gasteiger charge is 2.46. The van der Waals surface area contributed by atoms with E-state index < -0.39 is 5.41 Å². The van der Waals surface area contributed by atoms with Crippen LogP contribution in [0.15, 0.2) is 5.16 Å². The fraction of sp³-hybridized carbons (Fsp3) is 0.833. The minimum Gasteiger partial charge on any atom is -0.409 e. The third-order valence-electron chi connectivity index (χ3n) is 3.93. The van der Waals surface area contributed by atoms with Crippen LogP contribution in [0.25, 0.3) is 0 Å². The summed E-state index contributed by atoms with van der Waals surface area (Å²) >= 11 is 0. The van der Waals surface area contributed by atoms with Gasteiger partial charge < -0.3 is 20.6 Å². The molecule has 1 aliphatic carbocycles. The van der Waals surface area contributed by atoms with Gasteiger partial charge in [-0.15, -0.1) is 0 Å². The van der Waals surface area contributed by atoms with Crippen molar-refractivity contribution >= 4 is 11.7 Å². The lowest BCUT2D eigenvalue weighted by Gasteiger charge is -2.37. The van der Waals surface area contributed by atoms with E-state index in [2.05, 4.69) is 5.16 Å². The summed E-state index contributed by atoms with van der Waals surface area (Å²) in [7, 11) is 1.79. The molecule has 1 saturated carbocycles. The number of rotatable bonds is 4. The van der Waals surface area contributed by atoms with Gasteiger partial charge >= 0.3 is 0 Å². The molecule has 0 aromatic rings. The van der Waals surface area contributed by atoms with E-state index in [0.717, 1.165) is 6.54 Å². The molecule has 18 heavy (non-hydrogen) atoms. The predicted octanol–water partition coefficient (Wildman–Crippen LogP) is 0.398. The number of hydrogen-bond acceptors (Lipinski definition) is 4. The van der Waals surface area contributed by atoms with Gasteiger partial charge in [0.25, 0.3) is 0 Å². The Labute approximate surface area is 107 Å². The standard InChI is InChI=1S/C12H21N3O3/c1-15(8-9-2-3-9)11(16)12(10(13)14-17)4-6-18-7-5-12/h9,17H,2-8H2,1H3,(H2,13,14). The summed E-state index contributed by atoms with van der Waals surface area (Å²) in [6, 6.07) is 0. The van der Waals surface area contributed by atoms with E-state index in [1.54, 1.807) is 11.9 Å². The highest BCUT2D eigenvalue weighted by atomic mass is 16.5. The maximum atomic E-state index is 12.6. The first-order chi connectivity index (χ1) is 8.60. The molecule has 102 valence electrons. The second-order valence-corrected chi connectivity index (χ2v) is 5.31. The Balaban J connectivity index is 2.13. The summed E-state index contributed by atoms with van der Waals surface area (Å²) in [4.78, 5) is 14.3. The molecule has 0 bridgehead atoms. The number of amidine groups is 1. The quantitative estimate of drug-likeness (QED) is 0.329. The molecule has 2 rings (SSSR count). The van der Waals surface area contributed by atoms with Crippen LogP contribution in [-0.2, 0) is 9.53 Å². The Kier molecular flexibility index (Phi) is 3.75. The van der Waals surface area contributed by atoms with Crippen LogP contribution < -0.4 is 5.73 Å². The van der Waals surface area contributed by atoms with Gasteiger partial charge in [-0.25, -0.2) is 0 Å². The van der Waals surface area contributed by atoms with Gasteiger partial charge in [-0.2, -0.15) is 0 Å². The van der Waals surface area contributed by atoms with Crippen LogP contribution >= 0.6 is 0 Å². The van der Waals surface area contributed by atoms with Crippen LogP contribution in [0.2, 0.25) is 0 Å². The molecule has 0 radical (unpaired) electrons. The number of amides is 1. The third-order valence-corrected chi connectivity index (χ3v) is 3.93. The van der Waals surface area contributed by atoms with Crippen LogP contribution in [0.4, 0.5) is 0 Å². The average Bonchev–Trinajstić information content (AvgIpc) is 3.21. The second-order valence-electron chi connectivity index (χ2n) is 5.31. The zero-order valence-corrected chi connectivity index (χ0v) is 10.8. The average molecular weight is 255 g/mol. The van der Waals surface area contributed by atoms with Crippen molar-refractivity contribution in [2.45, 2.75) is 25.7 Å². The minimum atomic E-state index is -0.878. The van der Waals surface area contributed by atoms with Gasteiger partial charge in [-0.3, -0.25) is 4.79 Å². The lowest BCUT2D eigenvalue weighted by molar-refractivity contribution is -0.141. The molecule has 6 heteroatoms. The number of nitrogens with two attached hydrogens (primary N) is 1. The third kappa shape index (κ3) is 2.43. The van der Waals surface area contributed by atoms with Gasteiger partial charge in [0, 0.05) is 26.8 Å². The summed E-state index contributed by atoms with van der Waals surface area (Å²) in [5, 5.41) is 12.0. The molecule has 1 heterocycles. The molecule has 1 amide bonds. The van der Waals surface area contributed by atoms with Crippen molar-refractivity contribution in [2.24, 2.45) is 22.2 Å². The van der Waals surface area contributed by atoms with Gasteiger partial charge in [0.2, 0.25) is 5.91 Å². The van der Waals surface area contributed by atoms with Crippen molar-refractivity contribution in [1.82, 2.24) is 4.90 Å². The van der Waals surface area contributed by atoms with E-state index in [-0.39, 0.29) is 11.7 Å². The summed E-state index contributed by atoms with van der Waals surface area (Å²) < 4.78 is 5.28. The summed E-state index contributed by atoms with van der Waals surface area (Å²) in [5.41, 5.74) is 4.89. The molecule has 6 nitrogen and oxygen atoms in total. The van der Waals surface area contributed by atoms with E-state index in [4.69, 9.17) is 15.7 Å². The molecule has 0 atom stereocenters. The Bertz CT molecular complexity index is 346. The van der Waals surface area contributed by atoms with Crippen molar-refractivity contribution in [3.63, 3.8) is 0 Å². The number of carbonyl (C=O) groups is 1. The molecular formula is C12H21N3O3. The van der Waals surface area contributed by atoms with E-state index in [1.165, 1.54) is 12.8 Å². The van der Waals surface area contributed by atoms with E-state index in [9.17, 15) is 4.79 Å². The van der Waals surface area contributed by atoms with Gasteiger partial charge in [0.05, 0.1) is 0 Å². The fourth-order valence-corrected chi connectivity index (χ4v) is 2.53. The smallest absolute Gasteiger partial charge is 0.236 e. The van der Waals surface area contributed by atoms with E-state index in [0.29, 0.717) is 32.0 Å². The summed E-state index contributed by atoms with van der Waals surface area (Å²) in [6.07, 6.45) is 3.35. The number of nitrogens with zero attached hydrogens (tertiary/aromatic N) is 2. The molecule has 2 aliphatic rings. The number of oxime groups is 1. The van der Waals surface area contributed by atoms with Crippen molar-refractivity contribution in [3.8, 4) is 0 Å². The zero-order chi connectivity index (χ0) is 13.2. The van der Waals surface area contributed by atoms with E-state index >= 15 is 0 Å². The lowest BCUT2D eigenvalue weighted by Crippen LogP contribution is -2.53. The van der Waals surface area contributed by atoms with Crippen LogP contribution in [-0.4, -0.2) is 48.7 Å². The highest BCUT2D eigenvalue weighted by molar-refractivity contribution is 6.06. The highest BCUT2D eigenvalue weighted by Crippen LogP contribution is 2.35. The van der Waals surface area contributed by atoms with Crippen molar-refractivity contribution in [3.05, 3.63) is 0 Å². The summed E-state index contributed by atoms with van der Waals surface area (Å²) in [6.45, 7) is 1.71. The molecule has 0 aromatic carbocycles. The first-order valence-electron chi connectivity index (χ1n) is 6.41. The molecule has 1 saturated heterocycles. The molecule has 1 aliphatic heterocycles. The van der Waals surface area contributed by atoms with Crippen molar-refractivity contribution < 1.29 is 14.7 Å². The lowest BCUT2D eigenvalue weighted by atomic mass is 9.77. The molecule has 2 fully saturated rings. The van der Waals surface area contributed by atoms with Gasteiger partial charge in [-0.05, 0) is 31.6 Å². The predicted molar refractivity (Wildman–Crippen MR) is 66.3 cm³/mol. The molecule has 0 aromatic heterocycles. The monoisotopic (exact) mass is 255 g/mol. The fourth-order valence-electron chi connectivity index (χ4n) is 2.53. The van der Waals surface area contributed by atoms with Crippen LogP contribution in [0.5, 0.6) is 0 Å². The number of ether oxygens (including phenoxy) is 1. The molecule has 3 N–H and O–H groups in total. The first-order valence-corrected chi connectivity index (χ1v) is 6.41. The van der Waals surface area contributed by atoms with E-state index in [1.807, 2.05) is 0 Å². The topological polar surface area (TPSA) is 88.2 Å². The van der Waals surface area contributed by atoms with Gasteiger partial charge in [0.15, 0.2) is 5.84 Å². The summed E-state index contributed by atoms with van der Waals surface area (Å²) in [5.74, 6) is 0.592. The minimum absolute atomic E-state index is 0.0125. The molecule has 0 spiro atoms. The largest absolute Gasteiger partial charge is 0.409 e. The van der Waals surface area contributed by atoms with Gasteiger partial charge in [-0.1, -0.05) is 5.16 Å². The molecular weight excluding hydrogens is 234 g/mol. The number of carbonyl (C=O) groups excluding carboxylic acids is 1. The van der Waals surface area contributed by atoms with Gasteiger partial charge in [0.1, 0.15) is 5.41 Å².